The maximum absolute atomic E-state index is 12.7. The molecule has 4 N–H and O–H groups in total. The molecular formula is C24H33N3O4S. The Hall–Kier alpha value is -1.77. The van der Waals surface area contributed by atoms with E-state index in [4.69, 9.17) is 10.5 Å². The molecule has 0 radical (unpaired) electrons. The lowest BCUT2D eigenvalue weighted by molar-refractivity contribution is -0.111. The average molecular weight is 460 g/mol. The summed E-state index contributed by atoms with van der Waals surface area (Å²) in [5.74, 6) is 0.617. The summed E-state index contributed by atoms with van der Waals surface area (Å²) in [5, 5.41) is 15.0. The molecule has 2 aliphatic heterocycles. The van der Waals surface area contributed by atoms with Crippen molar-refractivity contribution >= 4 is 27.4 Å². The first-order chi connectivity index (χ1) is 15.5. The number of primary amides is 1. The number of rotatable bonds is 5. The number of ether oxygens (including phenoxy) is 1. The second-order valence-electron chi connectivity index (χ2n) is 9.80. The minimum Gasteiger partial charge on any atom is -0.484 e. The summed E-state index contributed by atoms with van der Waals surface area (Å²) in [5.41, 5.74) is 6.04. The molecule has 3 unspecified atom stereocenters. The number of benzene rings is 1. The molecule has 5 rings (SSSR count). The lowest BCUT2D eigenvalue weighted by atomic mass is 9.74. The molecule has 1 spiro atoms. The van der Waals surface area contributed by atoms with Gasteiger partial charge in [-0.25, -0.2) is 9.20 Å². The van der Waals surface area contributed by atoms with Gasteiger partial charge in [0.1, 0.15) is 28.3 Å². The fraction of sp³-hybridized carbons (Fsp3) is 0.667. The van der Waals surface area contributed by atoms with Crippen LogP contribution in [-0.2, 0) is 15.6 Å². The van der Waals surface area contributed by atoms with Crippen LogP contribution in [0.4, 0.5) is 5.69 Å². The van der Waals surface area contributed by atoms with Gasteiger partial charge in [-0.15, -0.1) is 0 Å². The molecule has 2 aliphatic carbocycles. The van der Waals surface area contributed by atoms with Gasteiger partial charge >= 0.3 is 0 Å². The van der Waals surface area contributed by atoms with Crippen molar-refractivity contribution in [1.82, 2.24) is 5.32 Å². The van der Waals surface area contributed by atoms with Crippen molar-refractivity contribution in [2.75, 3.05) is 6.54 Å². The van der Waals surface area contributed by atoms with Crippen LogP contribution in [0.2, 0.25) is 0 Å². The smallest absolute Gasteiger partial charge is 0.276 e. The molecule has 1 amide bonds. The topological polar surface area (TPSA) is 114 Å². The van der Waals surface area contributed by atoms with E-state index in [2.05, 4.69) is 10.3 Å². The molecule has 2 heterocycles. The Bertz CT molecular complexity index is 951. The van der Waals surface area contributed by atoms with Crippen molar-refractivity contribution in [3.63, 3.8) is 0 Å². The van der Waals surface area contributed by atoms with Gasteiger partial charge in [-0.1, -0.05) is 38.5 Å². The van der Waals surface area contributed by atoms with Gasteiger partial charge < -0.3 is 20.9 Å². The molecule has 1 aromatic rings. The van der Waals surface area contributed by atoms with Crippen LogP contribution in [0.15, 0.2) is 22.0 Å². The number of nitrogens with two attached hydrogens (primary N) is 1. The monoisotopic (exact) mass is 459 g/mol. The Kier molecular flexibility index (Phi) is 6.11. The van der Waals surface area contributed by atoms with Crippen molar-refractivity contribution in [2.45, 2.75) is 93.3 Å². The Labute approximate surface area is 191 Å². The second kappa shape index (κ2) is 8.88. The molecular weight excluding hydrogens is 426 g/mol. The van der Waals surface area contributed by atoms with Gasteiger partial charge in [-0.3, -0.25) is 4.79 Å². The summed E-state index contributed by atoms with van der Waals surface area (Å²) in [4.78, 5) is 16.4. The molecule has 2 fully saturated rings. The third-order valence-electron chi connectivity index (χ3n) is 7.74. The zero-order valence-corrected chi connectivity index (χ0v) is 19.3. The predicted octanol–water partition coefficient (Wildman–Crippen LogP) is 3.38. The van der Waals surface area contributed by atoms with Gasteiger partial charge in [-0.05, 0) is 56.7 Å². The van der Waals surface area contributed by atoms with E-state index in [-0.39, 0.29) is 11.1 Å². The summed E-state index contributed by atoms with van der Waals surface area (Å²) >= 11 is 0. The maximum Gasteiger partial charge on any atom is 0.276 e. The minimum atomic E-state index is -1.70. The van der Waals surface area contributed by atoms with Gasteiger partial charge in [0.05, 0.1) is 16.6 Å². The van der Waals surface area contributed by atoms with Gasteiger partial charge in [0.2, 0.25) is 0 Å². The number of hydrogen-bond donors (Lipinski definition) is 3. The number of hydrogen-bond acceptors (Lipinski definition) is 6. The van der Waals surface area contributed by atoms with Crippen LogP contribution in [0.25, 0.3) is 0 Å². The van der Waals surface area contributed by atoms with Crippen molar-refractivity contribution < 1.29 is 18.8 Å². The molecule has 0 saturated heterocycles. The van der Waals surface area contributed by atoms with Crippen LogP contribution in [0, 0.1) is 5.92 Å². The number of nitrogens with zero attached hydrogens (tertiary/aromatic N) is 1. The van der Waals surface area contributed by atoms with Crippen LogP contribution in [0.5, 0.6) is 5.75 Å². The average Bonchev–Trinajstić information content (AvgIpc) is 3.12. The van der Waals surface area contributed by atoms with E-state index in [0.29, 0.717) is 16.3 Å². The third-order valence-corrected chi connectivity index (χ3v) is 9.11. The fourth-order valence-corrected chi connectivity index (χ4v) is 7.06. The maximum atomic E-state index is 12.7. The van der Waals surface area contributed by atoms with Crippen LogP contribution >= 0.6 is 0 Å². The number of carbonyl (C=O) groups is 1. The summed E-state index contributed by atoms with van der Waals surface area (Å²) in [6, 6.07) is 3.28. The summed E-state index contributed by atoms with van der Waals surface area (Å²) in [6.45, 7) is 0.834. The SMILES string of the molecule is NC(=O)C1=Nc2cc3c(cc2S1=O)OC1(CCCCC1)C(O)C3NCCC1CCCCC1. The molecule has 8 heteroatoms. The van der Waals surface area contributed by atoms with Gasteiger partial charge in [0.25, 0.3) is 5.91 Å². The van der Waals surface area contributed by atoms with Crippen molar-refractivity contribution in [2.24, 2.45) is 16.6 Å². The fourth-order valence-electron chi connectivity index (χ4n) is 5.98. The number of carbonyl (C=O) groups excluding carboxylic acids is 1. The zero-order valence-electron chi connectivity index (χ0n) is 18.5. The van der Waals surface area contributed by atoms with Crippen molar-refractivity contribution in [3.05, 3.63) is 17.7 Å². The van der Waals surface area contributed by atoms with E-state index in [1.807, 2.05) is 6.07 Å². The Morgan fingerprint density at radius 1 is 1.19 bits per heavy atom. The first-order valence-corrected chi connectivity index (χ1v) is 13.2. The molecule has 1 aromatic carbocycles. The number of nitrogens with one attached hydrogen (secondary N) is 1. The normalized spacial score (nSPS) is 29.2. The number of amides is 1. The Balaban J connectivity index is 1.45. The Morgan fingerprint density at radius 2 is 1.91 bits per heavy atom. The lowest BCUT2D eigenvalue weighted by Gasteiger charge is -2.48. The molecule has 32 heavy (non-hydrogen) atoms. The number of aliphatic hydroxyl groups is 1. The van der Waals surface area contributed by atoms with Crippen LogP contribution < -0.4 is 15.8 Å². The quantitative estimate of drug-likeness (QED) is 0.625. The number of aliphatic hydroxyl groups excluding tert-OH is 1. The van der Waals surface area contributed by atoms with E-state index >= 15 is 0 Å². The van der Waals surface area contributed by atoms with Crippen LogP contribution in [-0.4, -0.2) is 38.5 Å². The predicted molar refractivity (Wildman–Crippen MR) is 124 cm³/mol. The van der Waals surface area contributed by atoms with E-state index in [0.717, 1.165) is 56.6 Å². The lowest BCUT2D eigenvalue weighted by Crippen LogP contribution is -2.57. The molecule has 7 nitrogen and oxygen atoms in total. The molecule has 0 aromatic heterocycles. The highest BCUT2D eigenvalue weighted by atomic mass is 32.2. The van der Waals surface area contributed by atoms with E-state index in [9.17, 15) is 14.1 Å². The van der Waals surface area contributed by atoms with Gasteiger partial charge in [0, 0.05) is 5.56 Å². The van der Waals surface area contributed by atoms with Gasteiger partial charge in [-0.2, -0.15) is 0 Å². The van der Waals surface area contributed by atoms with Crippen LogP contribution in [0.1, 0.15) is 82.2 Å². The van der Waals surface area contributed by atoms with Crippen molar-refractivity contribution in [1.29, 1.82) is 0 Å². The first-order valence-electron chi connectivity index (χ1n) is 12.1. The summed E-state index contributed by atoms with van der Waals surface area (Å²) in [7, 11) is -1.70. The number of fused-ring (bicyclic) bond motifs is 2. The van der Waals surface area contributed by atoms with Gasteiger partial charge in [0.15, 0.2) is 5.04 Å². The third kappa shape index (κ3) is 3.90. The molecule has 4 aliphatic rings. The summed E-state index contributed by atoms with van der Waals surface area (Å²) in [6.07, 6.45) is 11.8. The highest BCUT2D eigenvalue weighted by Gasteiger charge is 2.50. The second-order valence-corrected chi connectivity index (χ2v) is 11.2. The minimum absolute atomic E-state index is 0.128. The van der Waals surface area contributed by atoms with E-state index in [1.54, 1.807) is 6.07 Å². The molecule has 0 bridgehead atoms. The van der Waals surface area contributed by atoms with E-state index in [1.165, 1.54) is 32.1 Å². The van der Waals surface area contributed by atoms with Crippen LogP contribution in [0.3, 0.4) is 0 Å². The standard InChI is InChI=1S/C24H33N3O4S/c25-22(29)23-27-17-13-16-18(14-19(17)32(23)30)31-24(10-5-2-6-11-24)21(28)20(16)26-12-9-15-7-3-1-4-8-15/h13-15,20-21,26,28H,1-12H2,(H2,25,29). The van der Waals surface area contributed by atoms with Crippen molar-refractivity contribution in [3.8, 4) is 5.75 Å². The molecule has 2 saturated carbocycles. The highest BCUT2D eigenvalue weighted by molar-refractivity contribution is 8.03. The first kappa shape index (κ1) is 22.0. The zero-order chi connectivity index (χ0) is 22.3. The highest BCUT2D eigenvalue weighted by Crippen LogP contribution is 2.49. The Morgan fingerprint density at radius 3 is 2.62 bits per heavy atom. The largest absolute Gasteiger partial charge is 0.484 e. The van der Waals surface area contributed by atoms with E-state index < -0.39 is 28.4 Å². The number of aliphatic imine (C=N–C) groups is 1. The molecule has 3 atom stereocenters. The molecule has 174 valence electrons. The summed E-state index contributed by atoms with van der Waals surface area (Å²) < 4.78 is 19.2.